The maximum Gasteiger partial charge on any atom is 0.311 e. The molecule has 1 atom stereocenters. The first kappa shape index (κ1) is 18.4. The predicted molar refractivity (Wildman–Crippen MR) is 95.9 cm³/mol. The summed E-state index contributed by atoms with van der Waals surface area (Å²) in [5.74, 6) is -0.187. The fraction of sp³-hybridized carbons (Fsp3) is 0.316. The number of carbonyl (C=O) groups is 1. The average Bonchev–Trinajstić information content (AvgIpc) is 2.60. The van der Waals surface area contributed by atoms with Crippen LogP contribution in [0.2, 0.25) is 0 Å². The minimum atomic E-state index is -0.543. The molecule has 132 valence electrons. The van der Waals surface area contributed by atoms with Crippen molar-refractivity contribution in [2.24, 2.45) is 0 Å². The Hall–Kier alpha value is -2.89. The lowest BCUT2D eigenvalue weighted by Gasteiger charge is -2.18. The van der Waals surface area contributed by atoms with Gasteiger partial charge in [0.05, 0.1) is 17.6 Å². The van der Waals surface area contributed by atoms with Crippen molar-refractivity contribution >= 4 is 11.6 Å². The Morgan fingerprint density at radius 3 is 2.44 bits per heavy atom. The molecule has 0 aliphatic rings. The van der Waals surface area contributed by atoms with E-state index in [0.29, 0.717) is 13.0 Å². The molecule has 0 spiro atoms. The van der Waals surface area contributed by atoms with E-state index in [1.165, 1.54) is 18.2 Å². The number of rotatable bonds is 7. The lowest BCUT2D eigenvalue weighted by atomic mass is 10.0. The number of nitrogens with one attached hydrogen (secondary N) is 1. The Balaban J connectivity index is 2.22. The molecule has 0 radical (unpaired) electrons. The first-order chi connectivity index (χ1) is 12.0. The Morgan fingerprint density at radius 2 is 1.88 bits per heavy atom. The molecule has 1 N–H and O–H groups in total. The molecule has 0 fully saturated rings. The SMILES string of the molecule is CCOc1ccc(C(=O)N[C@H](CC)c2ccc(C)cc2)cc1[N+](=O)[O-]. The number of aryl methyl sites for hydroxylation is 1. The summed E-state index contributed by atoms with van der Waals surface area (Å²) in [5.41, 5.74) is 2.17. The zero-order chi connectivity index (χ0) is 18.4. The van der Waals surface area contributed by atoms with E-state index in [4.69, 9.17) is 4.74 Å². The number of ether oxygens (including phenoxy) is 1. The van der Waals surface area contributed by atoms with E-state index in [0.717, 1.165) is 11.1 Å². The van der Waals surface area contributed by atoms with Crippen molar-refractivity contribution in [2.75, 3.05) is 6.61 Å². The molecule has 0 aromatic heterocycles. The third-order valence-corrected chi connectivity index (χ3v) is 3.91. The van der Waals surface area contributed by atoms with Crippen molar-refractivity contribution < 1.29 is 14.5 Å². The van der Waals surface area contributed by atoms with Gasteiger partial charge in [-0.1, -0.05) is 36.8 Å². The van der Waals surface area contributed by atoms with E-state index in [1.54, 1.807) is 6.92 Å². The second kappa shape index (κ2) is 8.28. The second-order valence-electron chi connectivity index (χ2n) is 5.72. The Morgan fingerprint density at radius 1 is 1.20 bits per heavy atom. The monoisotopic (exact) mass is 342 g/mol. The summed E-state index contributed by atoms with van der Waals surface area (Å²) in [7, 11) is 0. The van der Waals surface area contributed by atoms with Crippen LogP contribution in [-0.4, -0.2) is 17.4 Å². The number of amides is 1. The molecule has 2 aromatic rings. The number of hydrogen-bond acceptors (Lipinski definition) is 4. The van der Waals surface area contributed by atoms with Gasteiger partial charge in [0, 0.05) is 11.6 Å². The molecule has 0 saturated carbocycles. The lowest BCUT2D eigenvalue weighted by Crippen LogP contribution is -2.28. The highest BCUT2D eigenvalue weighted by Gasteiger charge is 2.20. The van der Waals surface area contributed by atoms with Crippen LogP contribution in [-0.2, 0) is 0 Å². The van der Waals surface area contributed by atoms with Gasteiger partial charge in [-0.15, -0.1) is 0 Å². The quantitative estimate of drug-likeness (QED) is 0.604. The Kier molecular flexibility index (Phi) is 6.11. The van der Waals surface area contributed by atoms with Crippen LogP contribution < -0.4 is 10.1 Å². The number of nitrogens with zero attached hydrogens (tertiary/aromatic N) is 1. The summed E-state index contributed by atoms with van der Waals surface area (Å²) >= 11 is 0. The van der Waals surface area contributed by atoms with Gasteiger partial charge in [0.25, 0.3) is 5.91 Å². The molecule has 1 amide bonds. The molecule has 0 unspecified atom stereocenters. The molecular weight excluding hydrogens is 320 g/mol. The van der Waals surface area contributed by atoms with Gasteiger partial charge in [-0.3, -0.25) is 14.9 Å². The standard InChI is InChI=1S/C19H22N2O4/c1-4-16(14-8-6-13(3)7-9-14)20-19(22)15-10-11-18(25-5-2)17(12-15)21(23)24/h6-12,16H,4-5H2,1-3H3,(H,20,22)/t16-/m1/s1. The number of nitro benzene ring substituents is 1. The highest BCUT2D eigenvalue weighted by atomic mass is 16.6. The first-order valence-corrected chi connectivity index (χ1v) is 8.24. The summed E-state index contributed by atoms with van der Waals surface area (Å²) in [6.07, 6.45) is 0.716. The fourth-order valence-corrected chi connectivity index (χ4v) is 2.54. The van der Waals surface area contributed by atoms with E-state index >= 15 is 0 Å². The molecule has 2 aromatic carbocycles. The van der Waals surface area contributed by atoms with E-state index in [1.807, 2.05) is 38.1 Å². The van der Waals surface area contributed by atoms with Gasteiger partial charge in [0.1, 0.15) is 0 Å². The van der Waals surface area contributed by atoms with E-state index < -0.39 is 4.92 Å². The summed E-state index contributed by atoms with van der Waals surface area (Å²) in [6, 6.07) is 12.0. The summed E-state index contributed by atoms with van der Waals surface area (Å²) < 4.78 is 5.24. The van der Waals surface area contributed by atoms with Crippen LogP contribution in [0, 0.1) is 17.0 Å². The largest absolute Gasteiger partial charge is 0.487 e. The van der Waals surface area contributed by atoms with Gasteiger partial charge in [-0.25, -0.2) is 0 Å². The van der Waals surface area contributed by atoms with Crippen LogP contribution in [0.4, 0.5) is 5.69 Å². The van der Waals surface area contributed by atoms with Crippen LogP contribution >= 0.6 is 0 Å². The number of carbonyl (C=O) groups excluding carboxylic acids is 1. The highest BCUT2D eigenvalue weighted by Crippen LogP contribution is 2.28. The molecule has 0 aliphatic heterocycles. The highest BCUT2D eigenvalue weighted by molar-refractivity contribution is 5.95. The van der Waals surface area contributed by atoms with Gasteiger partial charge in [0.15, 0.2) is 5.75 Å². The molecule has 25 heavy (non-hydrogen) atoms. The van der Waals surface area contributed by atoms with Crippen LogP contribution in [0.3, 0.4) is 0 Å². The van der Waals surface area contributed by atoms with Gasteiger partial charge in [-0.2, -0.15) is 0 Å². The molecule has 0 aliphatic carbocycles. The number of nitro groups is 1. The molecule has 2 rings (SSSR count). The van der Waals surface area contributed by atoms with Crippen molar-refractivity contribution in [2.45, 2.75) is 33.2 Å². The predicted octanol–water partition coefficient (Wildman–Crippen LogP) is 4.18. The Bertz CT molecular complexity index is 757. The summed E-state index contributed by atoms with van der Waals surface area (Å²) in [5, 5.41) is 14.1. The molecule has 0 saturated heterocycles. The maximum absolute atomic E-state index is 12.5. The number of hydrogen-bond donors (Lipinski definition) is 1. The smallest absolute Gasteiger partial charge is 0.311 e. The molecule has 6 nitrogen and oxygen atoms in total. The van der Waals surface area contributed by atoms with Crippen molar-refractivity contribution in [3.05, 3.63) is 69.3 Å². The van der Waals surface area contributed by atoms with Crippen LogP contribution in [0.5, 0.6) is 5.75 Å². The van der Waals surface area contributed by atoms with Crippen molar-refractivity contribution in [1.29, 1.82) is 0 Å². The molecule has 0 bridgehead atoms. The minimum Gasteiger partial charge on any atom is -0.487 e. The lowest BCUT2D eigenvalue weighted by molar-refractivity contribution is -0.385. The summed E-state index contributed by atoms with van der Waals surface area (Å²) in [4.78, 5) is 23.2. The normalized spacial score (nSPS) is 11.6. The van der Waals surface area contributed by atoms with Crippen LogP contribution in [0.15, 0.2) is 42.5 Å². The molecular formula is C19H22N2O4. The number of benzene rings is 2. The minimum absolute atomic E-state index is 0.154. The third-order valence-electron chi connectivity index (χ3n) is 3.91. The second-order valence-corrected chi connectivity index (χ2v) is 5.72. The van der Waals surface area contributed by atoms with E-state index in [9.17, 15) is 14.9 Å². The molecule has 6 heteroatoms. The van der Waals surface area contributed by atoms with Gasteiger partial charge >= 0.3 is 5.69 Å². The topological polar surface area (TPSA) is 81.5 Å². The van der Waals surface area contributed by atoms with E-state index in [2.05, 4.69) is 5.32 Å². The molecule has 0 heterocycles. The van der Waals surface area contributed by atoms with Crippen molar-refractivity contribution in [3.63, 3.8) is 0 Å². The van der Waals surface area contributed by atoms with Crippen LogP contribution in [0.1, 0.15) is 47.8 Å². The average molecular weight is 342 g/mol. The van der Waals surface area contributed by atoms with Crippen LogP contribution in [0.25, 0.3) is 0 Å². The van der Waals surface area contributed by atoms with Gasteiger partial charge in [0.2, 0.25) is 0 Å². The fourth-order valence-electron chi connectivity index (χ4n) is 2.54. The first-order valence-electron chi connectivity index (χ1n) is 8.24. The van der Waals surface area contributed by atoms with Gasteiger partial charge in [-0.05, 0) is 38.0 Å². The van der Waals surface area contributed by atoms with Gasteiger partial charge < -0.3 is 10.1 Å². The maximum atomic E-state index is 12.5. The summed E-state index contributed by atoms with van der Waals surface area (Å²) in [6.45, 7) is 6.04. The zero-order valence-corrected chi connectivity index (χ0v) is 14.6. The van der Waals surface area contributed by atoms with E-state index in [-0.39, 0.29) is 28.9 Å². The van der Waals surface area contributed by atoms with Crippen molar-refractivity contribution in [1.82, 2.24) is 5.32 Å². The van der Waals surface area contributed by atoms with Crippen molar-refractivity contribution in [3.8, 4) is 5.75 Å². The third kappa shape index (κ3) is 4.56. The Labute approximate surface area is 147 Å². The zero-order valence-electron chi connectivity index (χ0n) is 14.6.